The Labute approximate surface area is 182 Å². The number of hydrogen-bond acceptors (Lipinski definition) is 7. The van der Waals surface area contributed by atoms with E-state index < -0.39 is 5.82 Å². The largest absolute Gasteiger partial charge is 0.369 e. The van der Waals surface area contributed by atoms with Gasteiger partial charge in [-0.15, -0.1) is 0 Å². The molecule has 9 heteroatoms. The van der Waals surface area contributed by atoms with Crippen molar-refractivity contribution in [1.82, 2.24) is 14.9 Å². The number of rotatable bonds is 6. The van der Waals surface area contributed by atoms with Gasteiger partial charge in [0, 0.05) is 43.6 Å². The summed E-state index contributed by atoms with van der Waals surface area (Å²) in [6.45, 7) is 6.20. The molecule has 4 N–H and O–H groups in total. The summed E-state index contributed by atoms with van der Waals surface area (Å²) in [7, 11) is 2.14. The standard InChI is InChI=1S/C22H30FN7O/c1-14-12-15(6-7-19(14)30-10-8-29(2)9-11-30)26-22-25-13-17(23)21(28-22)27-18-5-3-4-16(18)20(24)31/h6-7,12-13,16,18H,3-5,8-11H2,1-2H3,(H2,24,31)(H2,25,26,27,28)/t16-,18+/m1/s1. The summed E-state index contributed by atoms with van der Waals surface area (Å²) < 4.78 is 14.3. The van der Waals surface area contributed by atoms with Crippen molar-refractivity contribution in [3.8, 4) is 0 Å². The number of likely N-dealkylation sites (N-methyl/N-ethyl adjacent to an activating group) is 1. The third kappa shape index (κ3) is 4.87. The van der Waals surface area contributed by atoms with Gasteiger partial charge in [-0.25, -0.2) is 9.37 Å². The first kappa shape index (κ1) is 21.3. The quantitative estimate of drug-likeness (QED) is 0.651. The van der Waals surface area contributed by atoms with Crippen LogP contribution in [0, 0.1) is 18.7 Å². The highest BCUT2D eigenvalue weighted by Crippen LogP contribution is 2.30. The molecule has 2 heterocycles. The molecule has 1 aliphatic heterocycles. The molecule has 2 aromatic rings. The second-order valence-electron chi connectivity index (χ2n) is 8.50. The highest BCUT2D eigenvalue weighted by molar-refractivity contribution is 5.78. The Balaban J connectivity index is 1.46. The maximum Gasteiger partial charge on any atom is 0.229 e. The van der Waals surface area contributed by atoms with Crippen LogP contribution in [0.3, 0.4) is 0 Å². The lowest BCUT2D eigenvalue weighted by molar-refractivity contribution is -0.121. The van der Waals surface area contributed by atoms with Gasteiger partial charge in [0.2, 0.25) is 11.9 Å². The number of halogens is 1. The fourth-order valence-electron chi connectivity index (χ4n) is 4.44. The lowest BCUT2D eigenvalue weighted by Crippen LogP contribution is -2.44. The van der Waals surface area contributed by atoms with E-state index in [1.807, 2.05) is 12.1 Å². The molecule has 2 atom stereocenters. The van der Waals surface area contributed by atoms with E-state index in [0.717, 1.165) is 56.5 Å². The fourth-order valence-corrected chi connectivity index (χ4v) is 4.44. The molecule has 1 amide bonds. The van der Waals surface area contributed by atoms with Crippen molar-refractivity contribution >= 4 is 29.0 Å². The molecule has 2 fully saturated rings. The summed E-state index contributed by atoms with van der Waals surface area (Å²) in [6, 6.07) is 5.93. The number of nitrogens with one attached hydrogen (secondary N) is 2. The SMILES string of the molecule is Cc1cc(Nc2ncc(F)c(N[C@H]3CCC[C@H]3C(N)=O)n2)ccc1N1CCN(C)CC1. The van der Waals surface area contributed by atoms with Crippen LogP contribution in [-0.4, -0.2) is 60.0 Å². The molecule has 8 nitrogen and oxygen atoms in total. The third-order valence-electron chi connectivity index (χ3n) is 6.24. The Morgan fingerprint density at radius 2 is 2.00 bits per heavy atom. The number of carbonyl (C=O) groups excluding carboxylic acids is 1. The Morgan fingerprint density at radius 3 is 2.71 bits per heavy atom. The van der Waals surface area contributed by atoms with Gasteiger partial charge in [-0.3, -0.25) is 4.79 Å². The Bertz CT molecular complexity index is 945. The fraction of sp³-hybridized carbons (Fsp3) is 0.500. The van der Waals surface area contributed by atoms with Crippen molar-refractivity contribution in [2.75, 3.05) is 48.8 Å². The van der Waals surface area contributed by atoms with Gasteiger partial charge in [-0.1, -0.05) is 6.42 Å². The van der Waals surface area contributed by atoms with Gasteiger partial charge in [0.15, 0.2) is 11.6 Å². The van der Waals surface area contributed by atoms with Gasteiger partial charge in [0.25, 0.3) is 0 Å². The highest BCUT2D eigenvalue weighted by Gasteiger charge is 2.32. The van der Waals surface area contributed by atoms with Crippen molar-refractivity contribution in [2.24, 2.45) is 11.7 Å². The number of anilines is 4. The van der Waals surface area contributed by atoms with Gasteiger partial charge in [-0.05, 0) is 50.6 Å². The average Bonchev–Trinajstić information content (AvgIpc) is 3.20. The molecular formula is C22H30FN7O. The minimum atomic E-state index is -0.553. The molecule has 4 rings (SSSR count). The summed E-state index contributed by atoms with van der Waals surface area (Å²) in [5, 5.41) is 6.22. The molecule has 0 spiro atoms. The zero-order valence-corrected chi connectivity index (χ0v) is 18.1. The monoisotopic (exact) mass is 427 g/mol. The number of primary amides is 1. The van der Waals surface area contributed by atoms with Crippen LogP contribution in [-0.2, 0) is 4.79 Å². The van der Waals surface area contributed by atoms with Crippen LogP contribution < -0.4 is 21.3 Å². The maximum absolute atomic E-state index is 14.3. The summed E-state index contributed by atoms with van der Waals surface area (Å²) in [5.41, 5.74) is 8.69. The normalized spacial score (nSPS) is 21.8. The molecule has 31 heavy (non-hydrogen) atoms. The van der Waals surface area contributed by atoms with Crippen LogP contribution in [0.15, 0.2) is 24.4 Å². The third-order valence-corrected chi connectivity index (χ3v) is 6.24. The summed E-state index contributed by atoms with van der Waals surface area (Å²) in [6.07, 6.45) is 3.48. The van der Waals surface area contributed by atoms with Crippen LogP contribution in [0.25, 0.3) is 0 Å². The average molecular weight is 428 g/mol. The van der Waals surface area contributed by atoms with E-state index in [1.54, 1.807) is 0 Å². The van der Waals surface area contributed by atoms with E-state index in [1.165, 1.54) is 5.69 Å². The Kier molecular flexibility index (Phi) is 6.22. The second kappa shape index (κ2) is 9.05. The molecule has 0 bridgehead atoms. The summed E-state index contributed by atoms with van der Waals surface area (Å²) in [4.78, 5) is 24.7. The lowest BCUT2D eigenvalue weighted by atomic mass is 10.0. The van der Waals surface area contributed by atoms with Gasteiger partial charge < -0.3 is 26.2 Å². The van der Waals surface area contributed by atoms with Gasteiger partial charge in [-0.2, -0.15) is 4.98 Å². The molecule has 0 radical (unpaired) electrons. The topological polar surface area (TPSA) is 99.4 Å². The van der Waals surface area contributed by atoms with E-state index in [9.17, 15) is 9.18 Å². The first-order chi connectivity index (χ1) is 14.9. The number of aromatic nitrogens is 2. The summed E-state index contributed by atoms with van der Waals surface area (Å²) in [5.74, 6) is -0.845. The highest BCUT2D eigenvalue weighted by atomic mass is 19.1. The zero-order chi connectivity index (χ0) is 22.0. The molecule has 0 unspecified atom stereocenters. The van der Waals surface area contributed by atoms with E-state index in [4.69, 9.17) is 5.73 Å². The van der Waals surface area contributed by atoms with Gasteiger partial charge >= 0.3 is 0 Å². The van der Waals surface area contributed by atoms with Crippen molar-refractivity contribution < 1.29 is 9.18 Å². The molecular weight excluding hydrogens is 397 g/mol. The number of amides is 1. The molecule has 166 valence electrons. The minimum Gasteiger partial charge on any atom is -0.369 e. The zero-order valence-electron chi connectivity index (χ0n) is 18.1. The predicted molar refractivity (Wildman–Crippen MR) is 120 cm³/mol. The van der Waals surface area contributed by atoms with Crippen molar-refractivity contribution in [1.29, 1.82) is 0 Å². The number of piperazine rings is 1. The molecule has 1 saturated heterocycles. The predicted octanol–water partition coefficient (Wildman–Crippen LogP) is 2.49. The van der Waals surface area contributed by atoms with E-state index >= 15 is 0 Å². The molecule has 1 aliphatic carbocycles. The van der Waals surface area contributed by atoms with Crippen molar-refractivity contribution in [3.63, 3.8) is 0 Å². The number of benzene rings is 1. The minimum absolute atomic E-state index is 0.0847. The number of nitrogens with two attached hydrogens (primary N) is 1. The lowest BCUT2D eigenvalue weighted by Gasteiger charge is -2.35. The van der Waals surface area contributed by atoms with Crippen LogP contribution >= 0.6 is 0 Å². The van der Waals surface area contributed by atoms with Gasteiger partial charge in [0.05, 0.1) is 12.1 Å². The molecule has 1 saturated carbocycles. The summed E-state index contributed by atoms with van der Waals surface area (Å²) >= 11 is 0. The first-order valence-corrected chi connectivity index (χ1v) is 10.8. The van der Waals surface area contributed by atoms with Crippen LogP contribution in [0.2, 0.25) is 0 Å². The molecule has 1 aromatic heterocycles. The van der Waals surface area contributed by atoms with Crippen LogP contribution in [0.5, 0.6) is 0 Å². The van der Waals surface area contributed by atoms with Crippen LogP contribution in [0.1, 0.15) is 24.8 Å². The maximum atomic E-state index is 14.3. The van der Waals surface area contributed by atoms with Crippen molar-refractivity contribution in [3.05, 3.63) is 35.8 Å². The molecule has 2 aliphatic rings. The van der Waals surface area contributed by atoms with Crippen molar-refractivity contribution in [2.45, 2.75) is 32.2 Å². The Morgan fingerprint density at radius 1 is 1.23 bits per heavy atom. The number of aryl methyl sites for hydroxylation is 1. The molecule has 1 aromatic carbocycles. The first-order valence-electron chi connectivity index (χ1n) is 10.8. The smallest absolute Gasteiger partial charge is 0.229 e. The number of hydrogen-bond donors (Lipinski definition) is 3. The van der Waals surface area contributed by atoms with E-state index in [-0.39, 0.29) is 23.7 Å². The van der Waals surface area contributed by atoms with E-state index in [2.05, 4.69) is 50.4 Å². The van der Waals surface area contributed by atoms with Gasteiger partial charge in [0.1, 0.15) is 0 Å². The Hall–Kier alpha value is -2.94. The second-order valence-corrected chi connectivity index (χ2v) is 8.50. The number of nitrogens with zero attached hydrogens (tertiary/aromatic N) is 4. The van der Waals surface area contributed by atoms with Crippen LogP contribution in [0.4, 0.5) is 27.5 Å². The number of carbonyl (C=O) groups is 1. The van der Waals surface area contributed by atoms with E-state index in [0.29, 0.717) is 12.4 Å².